The number of anilines is 1. The quantitative estimate of drug-likeness (QED) is 0.721. The summed E-state index contributed by atoms with van der Waals surface area (Å²) in [6.07, 6.45) is 4.81. The summed E-state index contributed by atoms with van der Waals surface area (Å²) in [7, 11) is 0. The third kappa shape index (κ3) is 1.81. The summed E-state index contributed by atoms with van der Waals surface area (Å²) in [5, 5.41) is 15.8. The summed E-state index contributed by atoms with van der Waals surface area (Å²) in [4.78, 5) is 12.0. The van der Waals surface area contributed by atoms with E-state index in [1.165, 1.54) is 0 Å². The molecule has 0 spiro atoms. The number of nitrogens with zero attached hydrogens (tertiary/aromatic N) is 2. The summed E-state index contributed by atoms with van der Waals surface area (Å²) in [5.41, 5.74) is 0.763. The molecule has 0 atom stereocenters. The zero-order valence-electron chi connectivity index (χ0n) is 9.11. The van der Waals surface area contributed by atoms with Crippen molar-refractivity contribution >= 4 is 11.6 Å². The maximum Gasteiger partial charge on any atom is 0.236 e. The highest BCUT2D eigenvalue weighted by Gasteiger charge is 2.31. The molecule has 0 radical (unpaired) electrons. The molecule has 2 heterocycles. The minimum atomic E-state index is -0.659. The van der Waals surface area contributed by atoms with Crippen LogP contribution in [0.3, 0.4) is 0 Å². The van der Waals surface area contributed by atoms with Crippen molar-refractivity contribution in [2.75, 3.05) is 5.32 Å². The second kappa shape index (κ2) is 3.80. The first-order valence-electron chi connectivity index (χ1n) is 4.91. The molecule has 2 rings (SSSR count). The summed E-state index contributed by atoms with van der Waals surface area (Å²) >= 11 is 0. The first-order chi connectivity index (χ1) is 7.60. The molecular formula is C10H13N5O. The number of hydrogen-bond acceptors (Lipinski definition) is 3. The maximum atomic E-state index is 12.0. The number of aromatic amines is 2. The Morgan fingerprint density at radius 2 is 2.25 bits per heavy atom. The molecule has 1 amide bonds. The van der Waals surface area contributed by atoms with Gasteiger partial charge in [0, 0.05) is 12.4 Å². The normalized spacial score (nSPS) is 11.4. The van der Waals surface area contributed by atoms with E-state index >= 15 is 0 Å². The molecule has 0 aromatic carbocycles. The topological polar surface area (TPSA) is 86.5 Å². The number of aromatic nitrogens is 4. The zero-order valence-corrected chi connectivity index (χ0v) is 9.11. The van der Waals surface area contributed by atoms with Crippen molar-refractivity contribution in [3.8, 4) is 0 Å². The lowest BCUT2D eigenvalue weighted by atomic mass is 9.88. The second-order valence-electron chi connectivity index (χ2n) is 4.04. The highest BCUT2D eigenvalue weighted by atomic mass is 16.2. The molecule has 3 N–H and O–H groups in total. The van der Waals surface area contributed by atoms with Gasteiger partial charge in [-0.3, -0.25) is 15.0 Å². The van der Waals surface area contributed by atoms with E-state index in [-0.39, 0.29) is 5.91 Å². The van der Waals surface area contributed by atoms with Gasteiger partial charge in [-0.15, -0.1) is 0 Å². The molecule has 6 nitrogen and oxygen atoms in total. The van der Waals surface area contributed by atoms with E-state index in [9.17, 15) is 4.79 Å². The van der Waals surface area contributed by atoms with Crippen molar-refractivity contribution < 1.29 is 4.79 Å². The number of nitrogens with one attached hydrogen (secondary N) is 3. The first-order valence-corrected chi connectivity index (χ1v) is 4.91. The van der Waals surface area contributed by atoms with Crippen LogP contribution in [0.25, 0.3) is 0 Å². The van der Waals surface area contributed by atoms with Crippen LogP contribution in [0.4, 0.5) is 5.69 Å². The van der Waals surface area contributed by atoms with Gasteiger partial charge in [-0.05, 0) is 19.9 Å². The van der Waals surface area contributed by atoms with Crippen molar-refractivity contribution in [3.63, 3.8) is 0 Å². The Labute approximate surface area is 92.5 Å². The van der Waals surface area contributed by atoms with E-state index in [0.29, 0.717) is 5.69 Å². The number of H-pyrrole nitrogens is 2. The molecule has 84 valence electrons. The molecular weight excluding hydrogens is 206 g/mol. The molecule has 0 saturated carbocycles. The van der Waals surface area contributed by atoms with Crippen molar-refractivity contribution in [1.82, 2.24) is 20.4 Å². The summed E-state index contributed by atoms with van der Waals surface area (Å²) in [6, 6.07) is 1.79. The fourth-order valence-corrected chi connectivity index (χ4v) is 1.33. The summed E-state index contributed by atoms with van der Waals surface area (Å²) < 4.78 is 0. The van der Waals surface area contributed by atoms with Crippen LogP contribution in [-0.4, -0.2) is 26.3 Å². The number of carbonyl (C=O) groups is 1. The Hall–Kier alpha value is -2.11. The molecule has 0 saturated heterocycles. The average Bonchev–Trinajstić information content (AvgIpc) is 2.89. The Morgan fingerprint density at radius 3 is 2.81 bits per heavy atom. The molecule has 16 heavy (non-hydrogen) atoms. The number of amides is 1. The lowest BCUT2D eigenvalue weighted by molar-refractivity contribution is -0.120. The van der Waals surface area contributed by atoms with Gasteiger partial charge in [-0.2, -0.15) is 10.2 Å². The zero-order chi connectivity index (χ0) is 11.6. The highest BCUT2D eigenvalue weighted by Crippen LogP contribution is 2.22. The molecule has 0 bridgehead atoms. The third-order valence-electron chi connectivity index (χ3n) is 2.50. The predicted octanol–water partition coefficient (Wildman–Crippen LogP) is 1.05. The first kappa shape index (κ1) is 10.4. The van der Waals surface area contributed by atoms with Crippen molar-refractivity contribution in [2.24, 2.45) is 0 Å². The van der Waals surface area contributed by atoms with Gasteiger partial charge in [-0.1, -0.05) is 0 Å². The van der Waals surface area contributed by atoms with Crippen LogP contribution in [0, 0.1) is 0 Å². The minimum Gasteiger partial charge on any atom is -0.323 e. The van der Waals surface area contributed by atoms with Crippen LogP contribution >= 0.6 is 0 Å². The molecule has 2 aromatic rings. The molecule has 0 fully saturated rings. The van der Waals surface area contributed by atoms with Crippen molar-refractivity contribution in [2.45, 2.75) is 19.3 Å². The Balaban J connectivity index is 2.15. The third-order valence-corrected chi connectivity index (χ3v) is 2.50. The van der Waals surface area contributed by atoms with Gasteiger partial charge in [0.2, 0.25) is 5.91 Å². The SMILES string of the molecule is CC(C)(C(=O)Nc1cn[nH]c1)c1ccn[nH]1. The van der Waals surface area contributed by atoms with E-state index in [1.807, 2.05) is 13.8 Å². The molecule has 0 aliphatic rings. The van der Waals surface area contributed by atoms with Crippen LogP contribution in [0.2, 0.25) is 0 Å². The fraction of sp³-hybridized carbons (Fsp3) is 0.300. The molecule has 6 heteroatoms. The lowest BCUT2D eigenvalue weighted by Crippen LogP contribution is -2.35. The van der Waals surface area contributed by atoms with Gasteiger partial charge in [0.1, 0.15) is 0 Å². The average molecular weight is 219 g/mol. The van der Waals surface area contributed by atoms with Crippen LogP contribution in [0.5, 0.6) is 0 Å². The van der Waals surface area contributed by atoms with Crippen molar-refractivity contribution in [1.29, 1.82) is 0 Å². The van der Waals surface area contributed by atoms with Crippen LogP contribution < -0.4 is 5.32 Å². The number of carbonyl (C=O) groups excluding carboxylic acids is 1. The lowest BCUT2D eigenvalue weighted by Gasteiger charge is -2.21. The van der Waals surface area contributed by atoms with Gasteiger partial charge < -0.3 is 5.32 Å². The van der Waals surface area contributed by atoms with Gasteiger partial charge in [0.15, 0.2) is 0 Å². The fourth-order valence-electron chi connectivity index (χ4n) is 1.33. The predicted molar refractivity (Wildman–Crippen MR) is 58.8 cm³/mol. The van der Waals surface area contributed by atoms with Gasteiger partial charge in [0.25, 0.3) is 0 Å². The Morgan fingerprint density at radius 1 is 1.44 bits per heavy atom. The van der Waals surface area contributed by atoms with E-state index in [4.69, 9.17) is 0 Å². The highest BCUT2D eigenvalue weighted by molar-refractivity contribution is 5.98. The van der Waals surface area contributed by atoms with Crippen LogP contribution in [-0.2, 0) is 10.2 Å². The number of rotatable bonds is 3. The Kier molecular flexibility index (Phi) is 2.47. The maximum absolute atomic E-state index is 12.0. The molecule has 0 aliphatic carbocycles. The standard InChI is InChI=1S/C10H13N5O/c1-10(2,8-3-4-11-15-8)9(16)14-7-5-12-13-6-7/h3-6H,1-2H3,(H,11,15)(H,12,13)(H,14,16). The Bertz CT molecular complexity index is 457. The van der Waals surface area contributed by atoms with Crippen LogP contribution in [0.15, 0.2) is 24.7 Å². The van der Waals surface area contributed by atoms with Crippen molar-refractivity contribution in [3.05, 3.63) is 30.4 Å². The van der Waals surface area contributed by atoms with E-state index in [1.54, 1.807) is 24.7 Å². The number of hydrogen-bond donors (Lipinski definition) is 3. The largest absolute Gasteiger partial charge is 0.323 e. The van der Waals surface area contributed by atoms with E-state index in [2.05, 4.69) is 25.7 Å². The van der Waals surface area contributed by atoms with Gasteiger partial charge in [-0.25, -0.2) is 0 Å². The molecule has 0 unspecified atom stereocenters. The van der Waals surface area contributed by atoms with Gasteiger partial charge >= 0.3 is 0 Å². The smallest absolute Gasteiger partial charge is 0.236 e. The molecule has 2 aromatic heterocycles. The van der Waals surface area contributed by atoms with Gasteiger partial charge in [0.05, 0.1) is 23.0 Å². The minimum absolute atomic E-state index is 0.113. The molecule has 0 aliphatic heterocycles. The van der Waals surface area contributed by atoms with Crippen LogP contribution in [0.1, 0.15) is 19.5 Å². The second-order valence-corrected chi connectivity index (χ2v) is 4.04. The van der Waals surface area contributed by atoms with E-state index in [0.717, 1.165) is 5.69 Å². The van der Waals surface area contributed by atoms with E-state index < -0.39 is 5.41 Å². The summed E-state index contributed by atoms with van der Waals surface area (Å²) in [6.45, 7) is 3.66. The summed E-state index contributed by atoms with van der Waals surface area (Å²) in [5.74, 6) is -0.113. The monoisotopic (exact) mass is 219 g/mol.